The molecule has 0 spiro atoms. The summed E-state index contributed by atoms with van der Waals surface area (Å²) in [5, 5.41) is 9.77. The predicted molar refractivity (Wildman–Crippen MR) is 126 cm³/mol. The van der Waals surface area contributed by atoms with Crippen molar-refractivity contribution in [3.05, 3.63) is 59.7 Å². The van der Waals surface area contributed by atoms with Gasteiger partial charge in [-0.2, -0.15) is 0 Å². The van der Waals surface area contributed by atoms with Gasteiger partial charge in [0.1, 0.15) is 5.54 Å². The van der Waals surface area contributed by atoms with E-state index in [1.807, 2.05) is 0 Å². The Bertz CT molecular complexity index is 1060. The molecule has 0 heterocycles. The van der Waals surface area contributed by atoms with E-state index >= 15 is 0 Å². The zero-order valence-electron chi connectivity index (χ0n) is 20.1. The molecule has 3 N–H and O–H groups in total. The summed E-state index contributed by atoms with van der Waals surface area (Å²) in [6, 6.07) is 12.5. The van der Waals surface area contributed by atoms with Crippen molar-refractivity contribution in [2.45, 2.75) is 38.6 Å². The Labute approximate surface area is 208 Å². The van der Waals surface area contributed by atoms with Gasteiger partial charge in [0.2, 0.25) is 0 Å². The first-order valence-corrected chi connectivity index (χ1v) is 11.2. The summed E-state index contributed by atoms with van der Waals surface area (Å²) in [6.07, 6.45) is -2.03. The van der Waals surface area contributed by atoms with Crippen LogP contribution in [0.3, 0.4) is 0 Å². The Balaban J connectivity index is 2.11. The van der Waals surface area contributed by atoms with Gasteiger partial charge in [-0.25, -0.2) is 14.4 Å². The van der Waals surface area contributed by atoms with Crippen LogP contribution in [0.15, 0.2) is 48.5 Å². The standard InChI is InChI=1S/C25H29NO10/c1-3-32-23(30)35-19-12-11-17(15-20(19)36-24(31)33-4-2)16-25(26,22(28)29)13-8-14-34-21(27)18-9-6-5-7-10-18/h5-7,9-12,15H,3-4,8,13-14,16,26H2,1-2H3,(H,28,29)/t25-/m0/s1. The fourth-order valence-corrected chi connectivity index (χ4v) is 3.15. The Morgan fingerprint density at radius 3 is 2.06 bits per heavy atom. The molecule has 11 heteroatoms. The van der Waals surface area contributed by atoms with E-state index in [4.69, 9.17) is 29.4 Å². The maximum absolute atomic E-state index is 12.0. The molecule has 0 radical (unpaired) electrons. The Kier molecular flexibility index (Phi) is 10.7. The van der Waals surface area contributed by atoms with E-state index in [2.05, 4.69) is 0 Å². The van der Waals surface area contributed by atoms with Crippen LogP contribution in [0.4, 0.5) is 9.59 Å². The van der Waals surface area contributed by atoms with Crippen LogP contribution < -0.4 is 15.2 Å². The number of esters is 1. The molecule has 11 nitrogen and oxygen atoms in total. The molecule has 0 unspecified atom stereocenters. The first-order chi connectivity index (χ1) is 17.2. The highest BCUT2D eigenvalue weighted by Gasteiger charge is 2.34. The molecular weight excluding hydrogens is 474 g/mol. The lowest BCUT2D eigenvalue weighted by atomic mass is 9.87. The second kappa shape index (κ2) is 13.7. The molecule has 2 aromatic carbocycles. The van der Waals surface area contributed by atoms with Gasteiger partial charge < -0.3 is 34.5 Å². The van der Waals surface area contributed by atoms with Crippen molar-refractivity contribution in [1.29, 1.82) is 0 Å². The number of carboxylic acid groups (broad SMARTS) is 1. The number of nitrogens with two attached hydrogens (primary N) is 1. The van der Waals surface area contributed by atoms with Gasteiger partial charge in [-0.1, -0.05) is 24.3 Å². The maximum atomic E-state index is 12.0. The second-order valence-electron chi connectivity index (χ2n) is 7.59. The average molecular weight is 504 g/mol. The summed E-state index contributed by atoms with van der Waals surface area (Å²) in [5.41, 5.74) is 5.23. The number of carbonyl (C=O) groups excluding carboxylic acids is 3. The summed E-state index contributed by atoms with van der Waals surface area (Å²) < 4.78 is 24.8. The molecule has 0 aliphatic heterocycles. The lowest BCUT2D eigenvalue weighted by Gasteiger charge is -2.25. The number of hydrogen-bond acceptors (Lipinski definition) is 10. The normalized spacial score (nSPS) is 12.1. The van der Waals surface area contributed by atoms with Crippen molar-refractivity contribution in [2.24, 2.45) is 5.73 Å². The fraction of sp³-hybridized carbons (Fsp3) is 0.360. The monoisotopic (exact) mass is 503 g/mol. The predicted octanol–water partition coefficient (Wildman–Crippen LogP) is 3.72. The van der Waals surface area contributed by atoms with E-state index in [0.29, 0.717) is 11.1 Å². The van der Waals surface area contributed by atoms with Crippen LogP contribution in [0.5, 0.6) is 11.5 Å². The third-order valence-corrected chi connectivity index (χ3v) is 4.87. The molecule has 2 rings (SSSR count). The number of aliphatic carboxylic acids is 1. The smallest absolute Gasteiger partial charge is 0.480 e. The quantitative estimate of drug-likeness (QED) is 0.188. The Morgan fingerprint density at radius 2 is 1.47 bits per heavy atom. The summed E-state index contributed by atoms with van der Waals surface area (Å²) in [7, 11) is 0. The molecule has 2 aromatic rings. The van der Waals surface area contributed by atoms with Crippen LogP contribution >= 0.6 is 0 Å². The van der Waals surface area contributed by atoms with Crippen LogP contribution in [0.1, 0.15) is 42.6 Å². The zero-order chi connectivity index (χ0) is 26.6. The van der Waals surface area contributed by atoms with Crippen molar-refractivity contribution in [1.82, 2.24) is 0 Å². The van der Waals surface area contributed by atoms with E-state index in [1.165, 1.54) is 18.2 Å². The molecule has 0 aliphatic carbocycles. The van der Waals surface area contributed by atoms with Gasteiger partial charge in [-0.15, -0.1) is 0 Å². The highest BCUT2D eigenvalue weighted by molar-refractivity contribution is 5.89. The van der Waals surface area contributed by atoms with E-state index in [9.17, 15) is 24.3 Å². The molecule has 1 atom stereocenters. The Morgan fingerprint density at radius 1 is 0.861 bits per heavy atom. The number of ether oxygens (including phenoxy) is 5. The highest BCUT2D eigenvalue weighted by Crippen LogP contribution is 2.31. The molecule has 36 heavy (non-hydrogen) atoms. The summed E-state index contributed by atoms with van der Waals surface area (Å²) >= 11 is 0. The van der Waals surface area contributed by atoms with Gasteiger partial charge in [0.25, 0.3) is 0 Å². The van der Waals surface area contributed by atoms with Gasteiger partial charge in [0, 0.05) is 6.42 Å². The number of carbonyl (C=O) groups is 4. The molecular formula is C25H29NO10. The van der Waals surface area contributed by atoms with Gasteiger partial charge in [-0.05, 0) is 56.5 Å². The minimum atomic E-state index is -1.72. The minimum Gasteiger partial charge on any atom is -0.480 e. The molecule has 0 bridgehead atoms. The topological polar surface area (TPSA) is 161 Å². The fourth-order valence-electron chi connectivity index (χ4n) is 3.15. The van der Waals surface area contributed by atoms with Crippen LogP contribution in [-0.2, 0) is 25.4 Å². The van der Waals surface area contributed by atoms with Crippen molar-refractivity contribution in [2.75, 3.05) is 19.8 Å². The first-order valence-electron chi connectivity index (χ1n) is 11.2. The third kappa shape index (κ3) is 8.58. The minimum absolute atomic E-state index is 0.0143. The zero-order valence-corrected chi connectivity index (χ0v) is 20.1. The van der Waals surface area contributed by atoms with Crippen LogP contribution in [0.2, 0.25) is 0 Å². The summed E-state index contributed by atoms with van der Waals surface area (Å²) in [5.74, 6) is -2.09. The molecule has 0 saturated heterocycles. The number of benzene rings is 2. The van der Waals surface area contributed by atoms with Crippen LogP contribution in [-0.4, -0.2) is 54.7 Å². The Hall–Kier alpha value is -4.12. The van der Waals surface area contributed by atoms with Crippen LogP contribution in [0, 0.1) is 0 Å². The molecule has 0 aliphatic rings. The van der Waals surface area contributed by atoms with Gasteiger partial charge in [0.05, 0.1) is 25.4 Å². The lowest BCUT2D eigenvalue weighted by molar-refractivity contribution is -0.143. The highest BCUT2D eigenvalue weighted by atomic mass is 16.7. The second-order valence-corrected chi connectivity index (χ2v) is 7.59. The third-order valence-electron chi connectivity index (χ3n) is 4.87. The lowest BCUT2D eigenvalue weighted by Crippen LogP contribution is -2.50. The van der Waals surface area contributed by atoms with Crippen LogP contribution in [0.25, 0.3) is 0 Å². The number of hydrogen-bond donors (Lipinski definition) is 2. The SMILES string of the molecule is CCOC(=O)Oc1ccc(C[C@@](N)(CCCOC(=O)c2ccccc2)C(=O)O)cc1OC(=O)OCC. The van der Waals surface area contributed by atoms with Crippen molar-refractivity contribution < 1.29 is 48.0 Å². The van der Waals surface area contributed by atoms with Gasteiger partial charge >= 0.3 is 24.2 Å². The number of rotatable bonds is 12. The molecule has 194 valence electrons. The largest absolute Gasteiger partial charge is 0.513 e. The van der Waals surface area contributed by atoms with E-state index < -0.39 is 29.8 Å². The van der Waals surface area contributed by atoms with E-state index in [0.717, 1.165) is 0 Å². The number of carboxylic acids is 1. The molecule has 0 aromatic heterocycles. The van der Waals surface area contributed by atoms with Gasteiger partial charge in [0.15, 0.2) is 11.5 Å². The summed E-state index contributed by atoms with van der Waals surface area (Å²) in [6.45, 7) is 3.27. The van der Waals surface area contributed by atoms with E-state index in [-0.39, 0.29) is 50.6 Å². The molecule has 0 amide bonds. The van der Waals surface area contributed by atoms with Crippen molar-refractivity contribution in [3.63, 3.8) is 0 Å². The average Bonchev–Trinajstić information content (AvgIpc) is 2.84. The first kappa shape index (κ1) is 28.1. The molecule has 0 saturated carbocycles. The van der Waals surface area contributed by atoms with Crippen molar-refractivity contribution >= 4 is 24.2 Å². The summed E-state index contributed by atoms with van der Waals surface area (Å²) in [4.78, 5) is 47.6. The maximum Gasteiger partial charge on any atom is 0.513 e. The van der Waals surface area contributed by atoms with E-state index in [1.54, 1.807) is 44.2 Å². The van der Waals surface area contributed by atoms with Crippen molar-refractivity contribution in [3.8, 4) is 11.5 Å². The van der Waals surface area contributed by atoms with Gasteiger partial charge in [-0.3, -0.25) is 4.79 Å². The molecule has 0 fully saturated rings.